The number of allylic oxidation sites excluding steroid dienone is 1. The van der Waals surface area contributed by atoms with Crippen molar-refractivity contribution in [1.29, 1.82) is 0 Å². The molecule has 0 aromatic heterocycles. The molecular formula is C17H22BFO4S. The lowest BCUT2D eigenvalue weighted by Gasteiger charge is -2.32. The number of hydrogen-bond donors (Lipinski definition) is 0. The van der Waals surface area contributed by atoms with E-state index in [2.05, 4.69) is 0 Å². The van der Waals surface area contributed by atoms with Gasteiger partial charge in [-0.05, 0) is 57.7 Å². The highest BCUT2D eigenvalue weighted by Crippen LogP contribution is 2.42. The quantitative estimate of drug-likeness (QED) is 0.725. The Balaban J connectivity index is 2.10. The van der Waals surface area contributed by atoms with Gasteiger partial charge in [0.1, 0.15) is 5.73 Å². The van der Waals surface area contributed by atoms with Crippen LogP contribution in [0.3, 0.4) is 0 Å². The van der Waals surface area contributed by atoms with Gasteiger partial charge >= 0.3 is 7.12 Å². The van der Waals surface area contributed by atoms with E-state index in [9.17, 15) is 8.42 Å². The number of fused-ring (bicyclic) bond motifs is 1. The van der Waals surface area contributed by atoms with Crippen molar-refractivity contribution in [3.05, 3.63) is 35.6 Å². The van der Waals surface area contributed by atoms with E-state index in [0.29, 0.717) is 24.0 Å². The summed E-state index contributed by atoms with van der Waals surface area (Å²) >= 11 is 0. The molecule has 2 heterocycles. The van der Waals surface area contributed by atoms with Gasteiger partial charge in [0.15, 0.2) is 9.84 Å². The molecule has 0 aliphatic carbocycles. The Morgan fingerprint density at radius 2 is 1.71 bits per heavy atom. The van der Waals surface area contributed by atoms with Gasteiger partial charge in [-0.3, -0.25) is 0 Å². The van der Waals surface area contributed by atoms with E-state index in [4.69, 9.17) is 9.31 Å². The van der Waals surface area contributed by atoms with Crippen molar-refractivity contribution >= 4 is 22.5 Å². The van der Waals surface area contributed by atoms with Gasteiger partial charge in [0.05, 0.1) is 21.9 Å². The molecule has 130 valence electrons. The molecule has 0 bridgehead atoms. The average molecular weight is 352 g/mol. The van der Waals surface area contributed by atoms with Crippen molar-refractivity contribution in [2.45, 2.75) is 56.6 Å². The summed E-state index contributed by atoms with van der Waals surface area (Å²) in [4.78, 5) is 0.184. The third-order valence-corrected chi connectivity index (χ3v) is 6.99. The van der Waals surface area contributed by atoms with Gasteiger partial charge in [0, 0.05) is 0 Å². The zero-order valence-corrected chi connectivity index (χ0v) is 15.2. The summed E-state index contributed by atoms with van der Waals surface area (Å²) in [5.74, 6) is 0.0180. The van der Waals surface area contributed by atoms with E-state index in [0.717, 1.165) is 0 Å². The molecule has 2 aliphatic heterocycles. The molecule has 1 fully saturated rings. The van der Waals surface area contributed by atoms with Crippen LogP contribution < -0.4 is 0 Å². The van der Waals surface area contributed by atoms with Crippen molar-refractivity contribution in [2.24, 2.45) is 0 Å². The Morgan fingerprint density at radius 3 is 2.33 bits per heavy atom. The standard InChI is InChI=1S/C17H22BFO4S/c1-16(2)17(3,4)23-18(22-16)15(19)13-9-7-11-24(20,21)14-10-6-5-8-12(13)14/h5-6,8,10H,7,9,11H2,1-4H3. The molecule has 2 aliphatic rings. The predicted octanol–water partition coefficient (Wildman–Crippen LogP) is 3.57. The zero-order valence-electron chi connectivity index (χ0n) is 14.4. The third-order valence-electron chi connectivity index (χ3n) is 5.14. The molecule has 0 radical (unpaired) electrons. The second-order valence-corrected chi connectivity index (χ2v) is 9.41. The number of benzene rings is 1. The van der Waals surface area contributed by atoms with Crippen LogP contribution in [-0.4, -0.2) is 32.5 Å². The van der Waals surface area contributed by atoms with E-state index in [1.807, 2.05) is 27.7 Å². The minimum atomic E-state index is -3.40. The summed E-state index contributed by atoms with van der Waals surface area (Å²) in [7, 11) is -4.51. The van der Waals surface area contributed by atoms with Crippen LogP contribution in [0.2, 0.25) is 0 Å². The Morgan fingerprint density at radius 1 is 1.12 bits per heavy atom. The molecule has 0 spiro atoms. The van der Waals surface area contributed by atoms with Crippen LogP contribution in [0.25, 0.3) is 5.57 Å². The number of halogens is 1. The Bertz CT molecular complexity index is 783. The van der Waals surface area contributed by atoms with Crippen molar-refractivity contribution in [1.82, 2.24) is 0 Å². The lowest BCUT2D eigenvalue weighted by Crippen LogP contribution is -2.41. The van der Waals surface area contributed by atoms with Gasteiger partial charge < -0.3 is 9.31 Å². The second kappa shape index (κ2) is 5.68. The molecule has 0 atom stereocenters. The van der Waals surface area contributed by atoms with Crippen molar-refractivity contribution < 1.29 is 22.1 Å². The highest BCUT2D eigenvalue weighted by molar-refractivity contribution is 7.91. The van der Waals surface area contributed by atoms with Gasteiger partial charge in [0.2, 0.25) is 0 Å². The van der Waals surface area contributed by atoms with Gasteiger partial charge in [0.25, 0.3) is 0 Å². The fourth-order valence-electron chi connectivity index (χ4n) is 3.01. The fourth-order valence-corrected chi connectivity index (χ4v) is 4.56. The molecule has 0 unspecified atom stereocenters. The first-order valence-electron chi connectivity index (χ1n) is 8.11. The summed E-state index contributed by atoms with van der Waals surface area (Å²) in [5, 5.41) is 0. The first kappa shape index (κ1) is 17.6. The van der Waals surface area contributed by atoms with Crippen molar-refractivity contribution in [3.8, 4) is 0 Å². The second-order valence-electron chi connectivity index (χ2n) is 7.33. The maximum atomic E-state index is 15.2. The van der Waals surface area contributed by atoms with E-state index < -0.39 is 33.9 Å². The SMILES string of the molecule is CC1(C)OB(C(F)=C2CCCS(=O)(=O)c3ccccc32)OC1(C)C. The molecular weight excluding hydrogens is 330 g/mol. The van der Waals surface area contributed by atoms with Crippen molar-refractivity contribution in [3.63, 3.8) is 0 Å². The predicted molar refractivity (Wildman–Crippen MR) is 91.8 cm³/mol. The first-order chi connectivity index (χ1) is 11.1. The lowest BCUT2D eigenvalue weighted by molar-refractivity contribution is 0.00578. The topological polar surface area (TPSA) is 52.6 Å². The van der Waals surface area contributed by atoms with E-state index >= 15 is 4.39 Å². The van der Waals surface area contributed by atoms with Gasteiger partial charge in [-0.15, -0.1) is 0 Å². The Hall–Kier alpha value is -1.18. The number of hydrogen-bond acceptors (Lipinski definition) is 4. The highest BCUT2D eigenvalue weighted by atomic mass is 32.2. The highest BCUT2D eigenvalue weighted by Gasteiger charge is 2.53. The Kier molecular flexibility index (Phi) is 4.17. The summed E-state index contributed by atoms with van der Waals surface area (Å²) in [6.45, 7) is 7.43. The normalized spacial score (nSPS) is 26.6. The maximum Gasteiger partial charge on any atom is 0.525 e. The van der Waals surface area contributed by atoms with Crippen LogP contribution >= 0.6 is 0 Å². The van der Waals surface area contributed by atoms with Crippen LogP contribution in [0.1, 0.15) is 46.1 Å². The zero-order chi connectivity index (χ0) is 17.8. The van der Waals surface area contributed by atoms with Gasteiger partial charge in [-0.2, -0.15) is 0 Å². The third kappa shape index (κ3) is 2.83. The maximum absolute atomic E-state index is 15.2. The van der Waals surface area contributed by atoms with Gasteiger partial charge in [-0.25, -0.2) is 12.8 Å². The van der Waals surface area contributed by atoms with Crippen LogP contribution in [-0.2, 0) is 19.1 Å². The van der Waals surface area contributed by atoms with E-state index in [1.54, 1.807) is 18.2 Å². The molecule has 0 amide bonds. The number of rotatable bonds is 1. The molecule has 4 nitrogen and oxygen atoms in total. The fraction of sp³-hybridized carbons (Fsp3) is 0.529. The lowest BCUT2D eigenvalue weighted by atomic mass is 9.81. The van der Waals surface area contributed by atoms with Crippen LogP contribution in [0.15, 0.2) is 34.9 Å². The van der Waals surface area contributed by atoms with Gasteiger partial charge in [-0.1, -0.05) is 18.2 Å². The smallest absolute Gasteiger partial charge is 0.398 e. The van der Waals surface area contributed by atoms with Crippen molar-refractivity contribution in [2.75, 3.05) is 5.75 Å². The summed E-state index contributed by atoms with van der Waals surface area (Å²) in [6, 6.07) is 6.56. The van der Waals surface area contributed by atoms with Crippen LogP contribution in [0.4, 0.5) is 4.39 Å². The minimum absolute atomic E-state index is 0.0180. The molecule has 3 rings (SSSR count). The first-order valence-corrected chi connectivity index (χ1v) is 9.77. The molecule has 1 aromatic rings. The monoisotopic (exact) mass is 352 g/mol. The van der Waals surface area contributed by atoms with E-state index in [-0.39, 0.29) is 10.6 Å². The van der Waals surface area contributed by atoms with Crippen LogP contribution in [0, 0.1) is 0 Å². The van der Waals surface area contributed by atoms with E-state index in [1.165, 1.54) is 6.07 Å². The summed E-state index contributed by atoms with van der Waals surface area (Å²) < 4.78 is 51.6. The Labute approximate surface area is 143 Å². The molecule has 0 saturated carbocycles. The number of sulfone groups is 1. The summed E-state index contributed by atoms with van der Waals surface area (Å²) in [6.07, 6.45) is 0.714. The average Bonchev–Trinajstić information content (AvgIpc) is 2.63. The molecule has 1 aromatic carbocycles. The molecule has 1 saturated heterocycles. The summed E-state index contributed by atoms with van der Waals surface area (Å²) in [5.41, 5.74) is -1.04. The largest absolute Gasteiger partial charge is 0.525 e. The molecule has 7 heteroatoms. The minimum Gasteiger partial charge on any atom is -0.398 e. The molecule has 24 heavy (non-hydrogen) atoms. The molecule has 0 N–H and O–H groups in total. The van der Waals surface area contributed by atoms with Crippen LogP contribution in [0.5, 0.6) is 0 Å².